The van der Waals surface area contributed by atoms with Gasteiger partial charge >= 0.3 is 0 Å². The topological polar surface area (TPSA) is 12.0 Å². The zero-order valence-electron chi connectivity index (χ0n) is 10.8. The molecular formula is C17H17N. The minimum Gasteiger partial charge on any atom is -0.313 e. The van der Waals surface area contributed by atoms with Gasteiger partial charge in [0, 0.05) is 6.04 Å². The van der Waals surface area contributed by atoms with E-state index >= 15 is 0 Å². The van der Waals surface area contributed by atoms with Crippen LogP contribution in [-0.2, 0) is 0 Å². The number of nitrogens with one attached hydrogen (secondary N) is 1. The number of hydrogen-bond donors (Lipinski definition) is 1. The zero-order chi connectivity index (χ0) is 12.5. The van der Waals surface area contributed by atoms with Gasteiger partial charge in [-0.25, -0.2) is 0 Å². The van der Waals surface area contributed by atoms with Gasteiger partial charge in [-0.15, -0.1) is 0 Å². The van der Waals surface area contributed by atoms with Crippen molar-refractivity contribution in [3.05, 3.63) is 60.2 Å². The molecule has 0 spiro atoms. The Morgan fingerprint density at radius 2 is 1.39 bits per heavy atom. The highest BCUT2D eigenvalue weighted by Gasteiger charge is 2.04. The predicted octanol–water partition coefficient (Wildman–Crippen LogP) is 4.27. The Kier molecular flexibility index (Phi) is 2.77. The molecule has 3 aromatic carbocycles. The van der Waals surface area contributed by atoms with Crippen molar-refractivity contribution in [1.29, 1.82) is 0 Å². The van der Waals surface area contributed by atoms with E-state index in [0.717, 1.165) is 0 Å². The van der Waals surface area contributed by atoms with Crippen LogP contribution in [0.4, 0.5) is 0 Å². The molecule has 0 bridgehead atoms. The van der Waals surface area contributed by atoms with Gasteiger partial charge < -0.3 is 5.32 Å². The Morgan fingerprint density at radius 3 is 2.06 bits per heavy atom. The minimum atomic E-state index is 0.390. The second kappa shape index (κ2) is 4.43. The van der Waals surface area contributed by atoms with E-state index in [1.807, 2.05) is 7.05 Å². The quantitative estimate of drug-likeness (QED) is 0.654. The van der Waals surface area contributed by atoms with Gasteiger partial charge in [-0.05, 0) is 59.3 Å². The largest absolute Gasteiger partial charge is 0.313 e. The molecule has 0 aliphatic carbocycles. The van der Waals surface area contributed by atoms with Crippen molar-refractivity contribution < 1.29 is 0 Å². The van der Waals surface area contributed by atoms with Crippen molar-refractivity contribution in [3.63, 3.8) is 0 Å². The summed E-state index contributed by atoms with van der Waals surface area (Å²) < 4.78 is 0. The van der Waals surface area contributed by atoms with Crippen LogP contribution in [0, 0.1) is 0 Å². The average molecular weight is 235 g/mol. The molecule has 0 aromatic heterocycles. The third kappa shape index (κ3) is 1.87. The number of rotatable bonds is 2. The highest BCUT2D eigenvalue weighted by atomic mass is 14.8. The fourth-order valence-electron chi connectivity index (χ4n) is 2.39. The molecule has 0 aliphatic rings. The van der Waals surface area contributed by atoms with Crippen LogP contribution in [-0.4, -0.2) is 7.05 Å². The van der Waals surface area contributed by atoms with Crippen molar-refractivity contribution in [3.8, 4) is 0 Å². The normalized spacial score (nSPS) is 13.0. The molecule has 18 heavy (non-hydrogen) atoms. The first-order valence-corrected chi connectivity index (χ1v) is 6.37. The lowest BCUT2D eigenvalue weighted by Crippen LogP contribution is -2.11. The molecule has 3 aromatic rings. The van der Waals surface area contributed by atoms with E-state index in [4.69, 9.17) is 0 Å². The summed E-state index contributed by atoms with van der Waals surface area (Å²) in [7, 11) is 2.00. The molecule has 0 saturated heterocycles. The second-order valence-electron chi connectivity index (χ2n) is 4.82. The summed E-state index contributed by atoms with van der Waals surface area (Å²) in [5.74, 6) is 0. The SMILES string of the molecule is CN[C@H](C)c1ccc2cc3ccccc3cc2c1. The highest BCUT2D eigenvalue weighted by Crippen LogP contribution is 2.25. The maximum atomic E-state index is 3.28. The molecule has 1 nitrogen and oxygen atoms in total. The van der Waals surface area contributed by atoms with Gasteiger partial charge in [0.05, 0.1) is 0 Å². The van der Waals surface area contributed by atoms with Gasteiger partial charge in [0.1, 0.15) is 0 Å². The molecule has 1 atom stereocenters. The first-order chi connectivity index (χ1) is 8.78. The van der Waals surface area contributed by atoms with Gasteiger partial charge in [0.15, 0.2) is 0 Å². The standard InChI is InChI=1S/C17H17N/c1-12(18-2)13-7-8-16-10-14-5-3-4-6-15(14)11-17(16)9-13/h3-12,18H,1-2H3/t12-/m1/s1. The molecule has 1 heteroatoms. The van der Waals surface area contributed by atoms with Gasteiger partial charge in [-0.3, -0.25) is 0 Å². The Labute approximate surface area is 107 Å². The molecule has 1 N–H and O–H groups in total. The summed E-state index contributed by atoms with van der Waals surface area (Å²) in [5, 5.41) is 8.51. The van der Waals surface area contributed by atoms with E-state index in [0.29, 0.717) is 6.04 Å². The van der Waals surface area contributed by atoms with Crippen LogP contribution in [0.25, 0.3) is 21.5 Å². The van der Waals surface area contributed by atoms with E-state index in [9.17, 15) is 0 Å². The summed E-state index contributed by atoms with van der Waals surface area (Å²) in [5.41, 5.74) is 1.33. The van der Waals surface area contributed by atoms with Gasteiger partial charge in [-0.1, -0.05) is 36.4 Å². The highest BCUT2D eigenvalue weighted by molar-refractivity contribution is 5.98. The zero-order valence-corrected chi connectivity index (χ0v) is 10.8. The monoisotopic (exact) mass is 235 g/mol. The van der Waals surface area contributed by atoms with Gasteiger partial charge in [0.2, 0.25) is 0 Å². The second-order valence-corrected chi connectivity index (χ2v) is 4.82. The molecule has 0 saturated carbocycles. The fraction of sp³-hybridized carbons (Fsp3) is 0.176. The molecule has 0 heterocycles. The minimum absolute atomic E-state index is 0.390. The molecular weight excluding hydrogens is 218 g/mol. The predicted molar refractivity (Wildman–Crippen MR) is 78.9 cm³/mol. The van der Waals surface area contributed by atoms with Crippen molar-refractivity contribution in [2.24, 2.45) is 0 Å². The average Bonchev–Trinajstić information content (AvgIpc) is 2.43. The molecule has 90 valence electrons. The third-order valence-corrected chi connectivity index (χ3v) is 3.66. The Morgan fingerprint density at radius 1 is 0.778 bits per heavy atom. The maximum absolute atomic E-state index is 3.28. The van der Waals surface area contributed by atoms with E-state index in [2.05, 4.69) is 66.8 Å². The van der Waals surface area contributed by atoms with Crippen molar-refractivity contribution >= 4 is 21.5 Å². The lowest BCUT2D eigenvalue weighted by molar-refractivity contribution is 0.653. The molecule has 0 unspecified atom stereocenters. The molecule has 0 fully saturated rings. The van der Waals surface area contributed by atoms with Crippen LogP contribution in [0.15, 0.2) is 54.6 Å². The van der Waals surface area contributed by atoms with Gasteiger partial charge in [-0.2, -0.15) is 0 Å². The first-order valence-electron chi connectivity index (χ1n) is 6.37. The molecule has 0 aliphatic heterocycles. The van der Waals surface area contributed by atoms with Crippen molar-refractivity contribution in [2.75, 3.05) is 7.05 Å². The molecule has 0 radical (unpaired) electrons. The van der Waals surface area contributed by atoms with Crippen LogP contribution < -0.4 is 5.32 Å². The van der Waals surface area contributed by atoms with Gasteiger partial charge in [0.25, 0.3) is 0 Å². The van der Waals surface area contributed by atoms with Crippen LogP contribution in [0.3, 0.4) is 0 Å². The number of hydrogen-bond acceptors (Lipinski definition) is 1. The summed E-state index contributed by atoms with van der Waals surface area (Å²) in [4.78, 5) is 0. The smallest absolute Gasteiger partial charge is 0.0289 e. The molecule has 3 rings (SSSR count). The first kappa shape index (κ1) is 11.2. The van der Waals surface area contributed by atoms with Crippen LogP contribution >= 0.6 is 0 Å². The fourth-order valence-corrected chi connectivity index (χ4v) is 2.39. The van der Waals surface area contributed by atoms with Crippen LogP contribution in [0.2, 0.25) is 0 Å². The van der Waals surface area contributed by atoms with E-state index in [1.165, 1.54) is 27.1 Å². The summed E-state index contributed by atoms with van der Waals surface area (Å²) in [6.45, 7) is 2.18. The summed E-state index contributed by atoms with van der Waals surface area (Å²) in [6.07, 6.45) is 0. The maximum Gasteiger partial charge on any atom is 0.0289 e. The van der Waals surface area contributed by atoms with E-state index in [-0.39, 0.29) is 0 Å². The Hall–Kier alpha value is -1.86. The van der Waals surface area contributed by atoms with Crippen molar-refractivity contribution in [1.82, 2.24) is 5.32 Å². The van der Waals surface area contributed by atoms with E-state index in [1.54, 1.807) is 0 Å². The van der Waals surface area contributed by atoms with Crippen LogP contribution in [0.5, 0.6) is 0 Å². The van der Waals surface area contributed by atoms with Crippen molar-refractivity contribution in [2.45, 2.75) is 13.0 Å². The molecule has 0 amide bonds. The number of benzene rings is 3. The summed E-state index contributed by atoms with van der Waals surface area (Å²) in [6, 6.07) is 20.1. The van der Waals surface area contributed by atoms with E-state index < -0.39 is 0 Å². The summed E-state index contributed by atoms with van der Waals surface area (Å²) >= 11 is 0. The lowest BCUT2D eigenvalue weighted by atomic mass is 9.99. The third-order valence-electron chi connectivity index (χ3n) is 3.66. The Bertz CT molecular complexity index is 700. The lowest BCUT2D eigenvalue weighted by Gasteiger charge is -2.12. The Balaban J connectivity index is 2.24. The van der Waals surface area contributed by atoms with Crippen LogP contribution in [0.1, 0.15) is 18.5 Å². The number of fused-ring (bicyclic) bond motifs is 2.